The fourth-order valence-electron chi connectivity index (χ4n) is 5.05. The normalized spacial score (nSPS) is 35.9. The maximum atomic E-state index is 12.5. The molecule has 3 aliphatic rings. The van der Waals surface area contributed by atoms with E-state index in [1.54, 1.807) is 11.8 Å². The minimum absolute atomic E-state index is 0.0300. The molecule has 26 heavy (non-hydrogen) atoms. The van der Waals surface area contributed by atoms with Crippen molar-refractivity contribution in [3.05, 3.63) is 46.9 Å². The molecule has 5 heteroatoms. The number of piperidine rings is 1. The summed E-state index contributed by atoms with van der Waals surface area (Å²) >= 11 is 1.67. The second kappa shape index (κ2) is 7.37. The average molecular weight is 373 g/mol. The highest BCUT2D eigenvalue weighted by atomic mass is 32.2. The number of methoxy groups -OCH3 is 1. The van der Waals surface area contributed by atoms with Crippen LogP contribution in [0.5, 0.6) is 0 Å². The Balaban J connectivity index is 1.66. The average Bonchev–Trinajstić information content (AvgIpc) is 3.12. The second-order valence-corrected chi connectivity index (χ2v) is 9.06. The van der Waals surface area contributed by atoms with Crippen molar-refractivity contribution in [2.75, 3.05) is 21.2 Å². The number of hydrogen-bond donors (Lipinski definition) is 1. The van der Waals surface area contributed by atoms with Crippen molar-refractivity contribution >= 4 is 17.7 Å². The van der Waals surface area contributed by atoms with Gasteiger partial charge in [-0.15, -0.1) is 11.8 Å². The Labute approximate surface area is 160 Å². The number of nitrogens with one attached hydrogen (secondary N) is 1. The van der Waals surface area contributed by atoms with E-state index in [0.29, 0.717) is 17.8 Å². The number of benzene rings is 1. The molecule has 1 saturated heterocycles. The topological polar surface area (TPSA) is 41.6 Å². The number of fused-ring (bicyclic) bond motifs is 3. The van der Waals surface area contributed by atoms with Crippen LogP contribution in [0.3, 0.4) is 0 Å². The van der Waals surface area contributed by atoms with E-state index in [4.69, 9.17) is 4.74 Å². The van der Waals surface area contributed by atoms with E-state index in [-0.39, 0.29) is 23.3 Å². The molecule has 1 aliphatic carbocycles. The number of ether oxygens (including phenoxy) is 1. The lowest BCUT2D eigenvalue weighted by Crippen LogP contribution is -2.59. The van der Waals surface area contributed by atoms with Crippen molar-refractivity contribution in [2.24, 2.45) is 11.8 Å². The van der Waals surface area contributed by atoms with Gasteiger partial charge in [0.2, 0.25) is 5.91 Å². The van der Waals surface area contributed by atoms with Crippen LogP contribution in [-0.4, -0.2) is 49.4 Å². The van der Waals surface area contributed by atoms with Gasteiger partial charge in [0, 0.05) is 31.5 Å². The number of rotatable bonds is 4. The van der Waals surface area contributed by atoms with Gasteiger partial charge in [-0.3, -0.25) is 4.79 Å². The predicted octanol–water partition coefficient (Wildman–Crippen LogP) is 3.00. The largest absolute Gasteiger partial charge is 0.381 e. The lowest BCUT2D eigenvalue weighted by Gasteiger charge is -2.49. The molecule has 1 saturated carbocycles. The SMILES string of the molecule is COC1CCC2NC(=O)C3SC=CC3C2C1c1ccc(CN(C)C)cc1. The monoisotopic (exact) mass is 372 g/mol. The minimum Gasteiger partial charge on any atom is -0.381 e. The van der Waals surface area contributed by atoms with Crippen molar-refractivity contribution < 1.29 is 9.53 Å². The van der Waals surface area contributed by atoms with Gasteiger partial charge in [0.25, 0.3) is 0 Å². The Kier molecular flexibility index (Phi) is 5.13. The quantitative estimate of drug-likeness (QED) is 0.882. The first-order chi connectivity index (χ1) is 12.6. The van der Waals surface area contributed by atoms with E-state index < -0.39 is 0 Å². The van der Waals surface area contributed by atoms with Gasteiger partial charge in [0.05, 0.1) is 11.4 Å². The summed E-state index contributed by atoms with van der Waals surface area (Å²) in [5.74, 6) is 1.25. The van der Waals surface area contributed by atoms with E-state index in [9.17, 15) is 4.79 Å². The van der Waals surface area contributed by atoms with Crippen LogP contribution in [0.4, 0.5) is 0 Å². The van der Waals surface area contributed by atoms with Gasteiger partial charge < -0.3 is 15.0 Å². The summed E-state index contributed by atoms with van der Waals surface area (Å²) in [7, 11) is 6.02. The van der Waals surface area contributed by atoms with E-state index in [2.05, 4.69) is 60.1 Å². The Morgan fingerprint density at radius 1 is 1.23 bits per heavy atom. The molecule has 140 valence electrons. The molecule has 2 fully saturated rings. The molecular formula is C21H28N2O2S. The number of carbonyl (C=O) groups excluding carboxylic acids is 1. The molecule has 0 radical (unpaired) electrons. The van der Waals surface area contributed by atoms with Crippen LogP contribution < -0.4 is 5.32 Å². The molecule has 4 rings (SSSR count). The molecule has 6 atom stereocenters. The molecule has 1 N–H and O–H groups in total. The number of carbonyl (C=O) groups is 1. The summed E-state index contributed by atoms with van der Waals surface area (Å²) in [6.07, 6.45) is 4.48. The third-order valence-corrected chi connectivity index (χ3v) is 7.25. The lowest BCUT2D eigenvalue weighted by atomic mass is 9.63. The number of nitrogens with zero attached hydrogens (tertiary/aromatic N) is 1. The lowest BCUT2D eigenvalue weighted by molar-refractivity contribution is -0.127. The van der Waals surface area contributed by atoms with Gasteiger partial charge in [-0.05, 0) is 49.4 Å². The van der Waals surface area contributed by atoms with Crippen LogP contribution in [0.2, 0.25) is 0 Å². The Morgan fingerprint density at radius 3 is 2.69 bits per heavy atom. The number of thioether (sulfide) groups is 1. The van der Waals surface area contributed by atoms with E-state index in [0.717, 1.165) is 19.4 Å². The Bertz CT molecular complexity index is 688. The highest BCUT2D eigenvalue weighted by Gasteiger charge is 2.52. The zero-order valence-electron chi connectivity index (χ0n) is 15.7. The number of hydrogen-bond acceptors (Lipinski definition) is 4. The van der Waals surface area contributed by atoms with Crippen LogP contribution in [0.15, 0.2) is 35.7 Å². The third-order valence-electron chi connectivity index (χ3n) is 6.11. The first-order valence-electron chi connectivity index (χ1n) is 9.47. The molecule has 1 aromatic carbocycles. The highest BCUT2D eigenvalue weighted by Crippen LogP contribution is 2.50. The van der Waals surface area contributed by atoms with Crippen LogP contribution in [-0.2, 0) is 16.1 Å². The van der Waals surface area contributed by atoms with E-state index in [1.807, 2.05) is 7.11 Å². The van der Waals surface area contributed by atoms with Crippen molar-refractivity contribution in [3.8, 4) is 0 Å². The van der Waals surface area contributed by atoms with Crippen molar-refractivity contribution in [2.45, 2.75) is 42.7 Å². The maximum absolute atomic E-state index is 12.5. The van der Waals surface area contributed by atoms with Gasteiger partial charge in [-0.2, -0.15) is 0 Å². The summed E-state index contributed by atoms with van der Waals surface area (Å²) in [4.78, 5) is 14.7. The van der Waals surface area contributed by atoms with Gasteiger partial charge in [-0.25, -0.2) is 0 Å². The predicted molar refractivity (Wildman–Crippen MR) is 106 cm³/mol. The number of allylic oxidation sites excluding steroid dienone is 1. The molecule has 4 nitrogen and oxygen atoms in total. The molecule has 1 aromatic rings. The third kappa shape index (κ3) is 3.21. The van der Waals surface area contributed by atoms with Gasteiger partial charge in [0.1, 0.15) is 0 Å². The smallest absolute Gasteiger partial charge is 0.234 e. The van der Waals surface area contributed by atoms with Crippen LogP contribution in [0.25, 0.3) is 0 Å². The molecule has 1 amide bonds. The molecule has 2 aliphatic heterocycles. The summed E-state index contributed by atoms with van der Waals surface area (Å²) in [6.45, 7) is 0.949. The molecule has 6 unspecified atom stereocenters. The second-order valence-electron chi connectivity index (χ2n) is 8.01. The zero-order valence-corrected chi connectivity index (χ0v) is 16.5. The van der Waals surface area contributed by atoms with Crippen LogP contribution in [0, 0.1) is 11.8 Å². The fourth-order valence-corrected chi connectivity index (χ4v) is 6.13. The maximum Gasteiger partial charge on any atom is 0.234 e. The highest BCUT2D eigenvalue weighted by molar-refractivity contribution is 8.03. The minimum atomic E-state index is 0.0300. The zero-order chi connectivity index (χ0) is 18.3. The van der Waals surface area contributed by atoms with Crippen molar-refractivity contribution in [1.29, 1.82) is 0 Å². The summed E-state index contributed by atoms with van der Waals surface area (Å²) < 4.78 is 5.93. The standard InChI is InChI=1S/C21H28N2O2S/c1-23(2)12-13-4-6-14(7-5-13)18-17(25-3)9-8-16-19(18)15-10-11-26-20(15)21(24)22-16/h4-7,10-11,15-20H,8-9,12H2,1-3H3,(H,22,24). The van der Waals surface area contributed by atoms with Gasteiger partial charge >= 0.3 is 0 Å². The summed E-state index contributed by atoms with van der Waals surface area (Å²) in [5.41, 5.74) is 2.67. The van der Waals surface area contributed by atoms with E-state index >= 15 is 0 Å². The van der Waals surface area contributed by atoms with Crippen molar-refractivity contribution in [3.63, 3.8) is 0 Å². The van der Waals surface area contributed by atoms with Gasteiger partial charge in [0.15, 0.2) is 0 Å². The first-order valence-corrected chi connectivity index (χ1v) is 10.4. The van der Waals surface area contributed by atoms with Crippen LogP contribution in [0.1, 0.15) is 29.9 Å². The number of amides is 1. The van der Waals surface area contributed by atoms with Gasteiger partial charge in [-0.1, -0.05) is 30.3 Å². The Morgan fingerprint density at radius 2 is 2.00 bits per heavy atom. The summed E-state index contributed by atoms with van der Waals surface area (Å²) in [6, 6.07) is 9.28. The molecular weight excluding hydrogens is 344 g/mol. The molecule has 0 bridgehead atoms. The van der Waals surface area contributed by atoms with E-state index in [1.165, 1.54) is 11.1 Å². The first kappa shape index (κ1) is 18.1. The molecule has 2 heterocycles. The molecule has 0 spiro atoms. The van der Waals surface area contributed by atoms with Crippen molar-refractivity contribution in [1.82, 2.24) is 10.2 Å². The fraction of sp³-hybridized carbons (Fsp3) is 0.571. The van der Waals surface area contributed by atoms with Crippen LogP contribution >= 0.6 is 11.8 Å². The molecule has 0 aromatic heterocycles. The summed E-state index contributed by atoms with van der Waals surface area (Å²) in [5, 5.41) is 5.46. The Hall–Kier alpha value is -1.30.